The molecule has 8 nitrogen and oxygen atoms in total. The molecule has 1 aliphatic heterocycles. The van der Waals surface area contributed by atoms with Crippen LogP contribution in [0, 0.1) is 6.92 Å². The number of amides is 2. The van der Waals surface area contributed by atoms with Crippen molar-refractivity contribution < 1.29 is 13.7 Å². The molecule has 0 saturated carbocycles. The van der Waals surface area contributed by atoms with E-state index >= 15 is 0 Å². The fourth-order valence-corrected chi connectivity index (χ4v) is 5.05. The monoisotopic (exact) mass is 451 g/mol. The Balaban J connectivity index is 1.66. The summed E-state index contributed by atoms with van der Waals surface area (Å²) in [7, 11) is -1.79. The van der Waals surface area contributed by atoms with Crippen molar-refractivity contribution in [3.63, 3.8) is 0 Å². The van der Waals surface area contributed by atoms with Gasteiger partial charge in [-0.25, -0.2) is 14.0 Å². The minimum absolute atomic E-state index is 0.275. The van der Waals surface area contributed by atoms with Gasteiger partial charge in [-0.3, -0.25) is 9.40 Å². The third-order valence-corrected chi connectivity index (χ3v) is 6.96. The second-order valence-electron chi connectivity index (χ2n) is 8.84. The lowest BCUT2D eigenvalue weighted by molar-refractivity contribution is 0.164. The molecule has 2 N–H and O–H groups in total. The maximum absolute atomic E-state index is 12.9. The molecule has 1 aromatic carbocycles. The molecule has 166 valence electrons. The number of fused-ring (bicyclic) bond motifs is 8. The molecule has 2 amide bonds. The first-order valence-electron chi connectivity index (χ1n) is 10.6. The average molecular weight is 452 g/mol. The fraction of sp³-hybridized carbons (Fsp3) is 0.348. The maximum Gasteiger partial charge on any atom is 0.331 e. The number of pyridine rings is 1. The van der Waals surface area contributed by atoms with Crippen molar-refractivity contribution in [3.05, 3.63) is 53.3 Å². The molecule has 3 heterocycles. The van der Waals surface area contributed by atoms with Crippen LogP contribution in [0.1, 0.15) is 37.0 Å². The highest BCUT2D eigenvalue weighted by Crippen LogP contribution is 2.40. The van der Waals surface area contributed by atoms with Crippen molar-refractivity contribution in [1.29, 1.82) is 0 Å². The van der Waals surface area contributed by atoms with E-state index < -0.39 is 22.6 Å². The molecule has 2 aliphatic rings. The molecule has 4 bridgehead atoms. The van der Waals surface area contributed by atoms with Crippen molar-refractivity contribution in [2.75, 3.05) is 11.9 Å². The lowest BCUT2D eigenvalue weighted by atomic mass is 9.93. The van der Waals surface area contributed by atoms with Gasteiger partial charge in [0.15, 0.2) is 16.0 Å². The van der Waals surface area contributed by atoms with Gasteiger partial charge < -0.3 is 10.1 Å². The number of carbonyl (C=O) groups is 1. The summed E-state index contributed by atoms with van der Waals surface area (Å²) < 4.78 is 23.1. The Hall–Kier alpha value is -3.20. The van der Waals surface area contributed by atoms with E-state index in [0.29, 0.717) is 12.5 Å². The maximum atomic E-state index is 12.9. The second kappa shape index (κ2) is 7.74. The highest BCUT2D eigenvalue weighted by molar-refractivity contribution is 7.83. The number of nitrogens with zero attached hydrogens (tertiary/aromatic N) is 3. The Labute approximate surface area is 189 Å². The molecule has 0 spiro atoms. The van der Waals surface area contributed by atoms with Crippen LogP contribution in [0.2, 0.25) is 0 Å². The van der Waals surface area contributed by atoms with Gasteiger partial charge in [-0.2, -0.15) is 5.10 Å². The number of nitrogens with one attached hydrogen (secondary N) is 2. The van der Waals surface area contributed by atoms with Crippen LogP contribution >= 0.6 is 0 Å². The van der Waals surface area contributed by atoms with E-state index in [0.717, 1.165) is 47.2 Å². The van der Waals surface area contributed by atoms with Gasteiger partial charge >= 0.3 is 6.03 Å². The van der Waals surface area contributed by atoms with Crippen LogP contribution in [0.3, 0.4) is 0 Å². The Morgan fingerprint density at radius 1 is 1.22 bits per heavy atom. The molecule has 3 aromatic rings. The topological polar surface area (TPSA) is 98.1 Å². The molecule has 5 rings (SSSR count). The van der Waals surface area contributed by atoms with Gasteiger partial charge in [-0.15, -0.1) is 0 Å². The van der Waals surface area contributed by atoms with E-state index in [1.165, 1.54) is 5.56 Å². The number of aromatic nitrogens is 3. The number of benzene rings is 1. The van der Waals surface area contributed by atoms with Gasteiger partial charge in [-0.05, 0) is 74.4 Å². The third-order valence-electron chi connectivity index (χ3n) is 5.99. The Morgan fingerprint density at radius 2 is 2.06 bits per heavy atom. The van der Waals surface area contributed by atoms with Gasteiger partial charge in [0, 0.05) is 24.0 Å². The lowest BCUT2D eigenvalue weighted by Gasteiger charge is -2.25. The summed E-state index contributed by atoms with van der Waals surface area (Å²) >= 11 is 0. The first kappa shape index (κ1) is 20.7. The van der Waals surface area contributed by atoms with Crippen molar-refractivity contribution >= 4 is 22.7 Å². The summed E-state index contributed by atoms with van der Waals surface area (Å²) in [6, 6.07) is 7.12. The van der Waals surface area contributed by atoms with Crippen LogP contribution in [0.4, 0.5) is 10.5 Å². The number of rotatable bonds is 0. The second-order valence-corrected chi connectivity index (χ2v) is 10.0. The zero-order valence-electron chi connectivity index (χ0n) is 18.3. The molecule has 0 saturated heterocycles. The Bertz CT molecular complexity index is 1250. The first-order valence-corrected chi connectivity index (χ1v) is 11.8. The average Bonchev–Trinajstić information content (AvgIpc) is 3.42. The molecule has 2 aromatic heterocycles. The number of ether oxygens (including phenoxy) is 1. The summed E-state index contributed by atoms with van der Waals surface area (Å²) in [6.45, 7) is 6.30. The van der Waals surface area contributed by atoms with Crippen LogP contribution in [0.5, 0.6) is 5.88 Å². The van der Waals surface area contributed by atoms with E-state index in [1.54, 1.807) is 23.1 Å². The minimum Gasteiger partial charge on any atom is -0.475 e. The molecule has 9 heteroatoms. The molecular weight excluding hydrogens is 426 g/mol. The number of hydrogen-bond donors (Lipinski definition) is 2. The summed E-state index contributed by atoms with van der Waals surface area (Å²) in [5.74, 6) is 0.497. The highest BCUT2D eigenvalue weighted by atomic mass is 32.2. The normalized spacial score (nSPS) is 19.5. The van der Waals surface area contributed by atoms with Crippen molar-refractivity contribution in [3.8, 4) is 17.0 Å². The van der Waals surface area contributed by atoms with Gasteiger partial charge in [0.05, 0.1) is 11.2 Å². The van der Waals surface area contributed by atoms with Crippen molar-refractivity contribution in [2.24, 2.45) is 0 Å². The predicted octanol–water partition coefficient (Wildman–Crippen LogP) is 3.71. The van der Waals surface area contributed by atoms with Gasteiger partial charge in [0.25, 0.3) is 0 Å². The lowest BCUT2D eigenvalue weighted by Crippen LogP contribution is -2.34. The standard InChI is InChI=1S/C23H25N5O3S/c1-14-11-15-5-4-6-17(15)21-20(14)16-7-9-24-18(12-16)31-13-23(2,3)28-10-8-19(26-28)32(30)27-22(29)25-21/h7-12H,4-6,13H2,1-3H3,(H2,25,27,29). The van der Waals surface area contributed by atoms with Crippen molar-refractivity contribution in [1.82, 2.24) is 19.5 Å². The summed E-state index contributed by atoms with van der Waals surface area (Å²) in [5, 5.41) is 7.67. The number of anilines is 1. The SMILES string of the molecule is Cc1cc2c(c3c1-c1ccnc(c1)OCC(C)(C)n1ccc(n1)S(=O)NC(=O)N3)CCC2. The summed E-state index contributed by atoms with van der Waals surface area (Å²) in [4.78, 5) is 17.3. The molecular formula is C23H25N5O3S. The summed E-state index contributed by atoms with van der Waals surface area (Å²) in [6.07, 6.45) is 6.35. The van der Waals surface area contributed by atoms with Crippen LogP contribution in [0.25, 0.3) is 11.1 Å². The van der Waals surface area contributed by atoms with E-state index in [-0.39, 0.29) is 5.03 Å². The smallest absolute Gasteiger partial charge is 0.331 e. The molecule has 32 heavy (non-hydrogen) atoms. The quantitative estimate of drug-likeness (QED) is 0.543. The third kappa shape index (κ3) is 3.66. The van der Waals surface area contributed by atoms with Gasteiger partial charge in [-0.1, -0.05) is 6.07 Å². The predicted molar refractivity (Wildman–Crippen MR) is 122 cm³/mol. The zero-order valence-corrected chi connectivity index (χ0v) is 19.1. The molecule has 1 aliphatic carbocycles. The van der Waals surface area contributed by atoms with E-state index in [2.05, 4.69) is 26.2 Å². The summed E-state index contributed by atoms with van der Waals surface area (Å²) in [5.41, 5.74) is 5.50. The van der Waals surface area contributed by atoms with E-state index in [9.17, 15) is 9.00 Å². The largest absolute Gasteiger partial charge is 0.475 e. The molecule has 1 atom stereocenters. The minimum atomic E-state index is -1.79. The Morgan fingerprint density at radius 3 is 2.91 bits per heavy atom. The fourth-order valence-electron chi connectivity index (χ4n) is 4.38. The first-order chi connectivity index (χ1) is 15.3. The number of carbonyl (C=O) groups excluding carboxylic acids is 1. The number of hydrogen-bond acceptors (Lipinski definition) is 5. The molecule has 0 fully saturated rings. The van der Waals surface area contributed by atoms with Crippen LogP contribution in [-0.4, -0.2) is 31.6 Å². The highest BCUT2D eigenvalue weighted by Gasteiger charge is 2.27. The van der Waals surface area contributed by atoms with Gasteiger partial charge in [0.1, 0.15) is 6.61 Å². The van der Waals surface area contributed by atoms with E-state index in [1.807, 2.05) is 32.9 Å². The zero-order chi connectivity index (χ0) is 22.5. The van der Waals surface area contributed by atoms with Crippen LogP contribution in [0.15, 0.2) is 41.7 Å². The van der Waals surface area contributed by atoms with Gasteiger partial charge in [0.2, 0.25) is 5.88 Å². The molecule has 1 unspecified atom stereocenters. The number of urea groups is 1. The van der Waals surface area contributed by atoms with Crippen LogP contribution < -0.4 is 14.8 Å². The molecule has 0 radical (unpaired) electrons. The number of aryl methyl sites for hydroxylation is 2. The Kier molecular flexibility index (Phi) is 5.00. The van der Waals surface area contributed by atoms with Crippen LogP contribution in [-0.2, 0) is 29.4 Å². The van der Waals surface area contributed by atoms with Crippen molar-refractivity contribution in [2.45, 2.75) is 50.6 Å². The van der Waals surface area contributed by atoms with E-state index in [4.69, 9.17) is 4.74 Å².